The maximum absolute atomic E-state index is 11.9. The largest absolute Gasteiger partial charge is 1.00 e. The molecule has 0 aliphatic rings. The number of nitrogens with one attached hydrogen (secondary N) is 1. The van der Waals surface area contributed by atoms with E-state index in [2.05, 4.69) is 9.84 Å². The summed E-state index contributed by atoms with van der Waals surface area (Å²) >= 11 is 0. The van der Waals surface area contributed by atoms with Gasteiger partial charge in [0.2, 0.25) is 0 Å². The summed E-state index contributed by atoms with van der Waals surface area (Å²) in [4.78, 5) is 21.7. The number of hydrogen-bond acceptors (Lipinski definition) is 12. The van der Waals surface area contributed by atoms with Crippen molar-refractivity contribution in [1.29, 1.82) is 0 Å². The number of rotatable bonds is 9. The van der Waals surface area contributed by atoms with E-state index >= 15 is 0 Å². The van der Waals surface area contributed by atoms with Gasteiger partial charge in [-0.3, -0.25) is 10.2 Å². The van der Waals surface area contributed by atoms with Crippen LogP contribution in [0.4, 0.5) is 5.69 Å². The van der Waals surface area contributed by atoms with E-state index in [0.29, 0.717) is 18.2 Å². The second-order valence-corrected chi connectivity index (χ2v) is 7.67. The Labute approximate surface area is 217 Å². The molecule has 0 aliphatic carbocycles. The van der Waals surface area contributed by atoms with E-state index in [0.717, 1.165) is 0 Å². The van der Waals surface area contributed by atoms with Gasteiger partial charge < -0.3 is 18.6 Å². The van der Waals surface area contributed by atoms with Crippen LogP contribution in [0.3, 0.4) is 0 Å². The van der Waals surface area contributed by atoms with Gasteiger partial charge in [-0.25, -0.2) is 21.6 Å². The molecule has 0 fully saturated rings. The van der Waals surface area contributed by atoms with E-state index < -0.39 is 59.8 Å². The SMILES string of the molecule is CCOC(=O)C/C(=N\Nc1cc(S(=O)(=O)[O-])ccc1S(=O)(=O)[O-])C(=O)OCC.[Na+].[Na+]. The predicted octanol–water partition coefficient (Wildman–Crippen LogP) is -6.21. The minimum atomic E-state index is -5.09. The zero-order valence-electron chi connectivity index (χ0n) is 16.7. The second-order valence-electron chi connectivity index (χ2n) is 4.94. The van der Waals surface area contributed by atoms with E-state index in [1.807, 2.05) is 5.43 Å². The van der Waals surface area contributed by atoms with E-state index in [1.165, 1.54) is 13.8 Å². The number of hydrogen-bond donors (Lipinski definition) is 1. The van der Waals surface area contributed by atoms with Crippen LogP contribution in [0.5, 0.6) is 0 Å². The number of carbonyl (C=O) groups excluding carboxylic acids is 2. The molecule has 0 amide bonds. The number of benzene rings is 1. The van der Waals surface area contributed by atoms with Crippen LogP contribution in [0.25, 0.3) is 0 Å². The van der Waals surface area contributed by atoms with Crippen LogP contribution in [0, 0.1) is 0 Å². The van der Waals surface area contributed by atoms with Gasteiger partial charge in [0.05, 0.1) is 35.1 Å². The Morgan fingerprint density at radius 2 is 1.57 bits per heavy atom. The Balaban J connectivity index is 0. The molecule has 16 heteroatoms. The third kappa shape index (κ3) is 10.2. The number of nitrogens with zero attached hydrogens (tertiary/aromatic N) is 1. The molecule has 0 atom stereocenters. The standard InChI is InChI=1S/C14H18N2O10S2.2Na/c1-3-25-13(17)8-11(14(18)26-4-2)16-15-10-7-9(27(19,20)21)5-6-12(10)28(22,23)24;;/h5-7,15H,3-4,8H2,1-2H3,(H,19,20,21)(H,22,23,24);;/q;2*+1/p-2/b16-11+;;. The summed E-state index contributed by atoms with van der Waals surface area (Å²) in [5.41, 5.74) is 0.796. The van der Waals surface area contributed by atoms with Gasteiger partial charge in [-0.2, -0.15) is 5.10 Å². The van der Waals surface area contributed by atoms with Crippen LogP contribution in [-0.4, -0.2) is 56.8 Å². The predicted molar refractivity (Wildman–Crippen MR) is 91.3 cm³/mol. The van der Waals surface area contributed by atoms with E-state index in [1.54, 1.807) is 0 Å². The van der Waals surface area contributed by atoms with Crippen molar-refractivity contribution in [2.24, 2.45) is 5.10 Å². The average Bonchev–Trinajstić information content (AvgIpc) is 2.57. The summed E-state index contributed by atoms with van der Waals surface area (Å²) in [6, 6.07) is 1.79. The Bertz CT molecular complexity index is 994. The van der Waals surface area contributed by atoms with Crippen molar-refractivity contribution in [3.63, 3.8) is 0 Å². The molecule has 1 aromatic carbocycles. The molecule has 156 valence electrons. The molecule has 0 spiro atoms. The fourth-order valence-electron chi connectivity index (χ4n) is 1.82. The quantitative estimate of drug-likeness (QED) is 0.116. The maximum atomic E-state index is 11.9. The van der Waals surface area contributed by atoms with Gasteiger partial charge in [-0.1, -0.05) is 0 Å². The molecule has 0 bridgehead atoms. The van der Waals surface area contributed by atoms with Gasteiger partial charge >= 0.3 is 71.1 Å². The first-order chi connectivity index (χ1) is 12.9. The molecule has 0 aliphatic heterocycles. The number of carbonyl (C=O) groups is 2. The number of ether oxygens (including phenoxy) is 2. The molecule has 0 saturated carbocycles. The van der Waals surface area contributed by atoms with Crippen molar-refractivity contribution in [3.05, 3.63) is 18.2 Å². The molecule has 1 aromatic rings. The molecule has 12 nitrogen and oxygen atoms in total. The Kier molecular flexibility index (Phi) is 14.5. The minimum absolute atomic E-state index is 0. The van der Waals surface area contributed by atoms with Gasteiger partial charge in [-0.15, -0.1) is 0 Å². The summed E-state index contributed by atoms with van der Waals surface area (Å²) in [6.45, 7) is 2.96. The first-order valence-electron chi connectivity index (χ1n) is 7.61. The zero-order chi connectivity index (χ0) is 21.5. The van der Waals surface area contributed by atoms with E-state index in [-0.39, 0.29) is 72.3 Å². The van der Waals surface area contributed by atoms with Gasteiger partial charge in [0, 0.05) is 0 Å². The van der Waals surface area contributed by atoms with Crippen LogP contribution in [0.15, 0.2) is 33.1 Å². The fourth-order valence-corrected chi connectivity index (χ4v) is 2.92. The second kappa shape index (κ2) is 13.8. The van der Waals surface area contributed by atoms with Gasteiger partial charge in [-0.05, 0) is 32.0 Å². The van der Waals surface area contributed by atoms with Crippen molar-refractivity contribution in [2.45, 2.75) is 30.1 Å². The van der Waals surface area contributed by atoms with Crippen LogP contribution in [-0.2, 0) is 39.3 Å². The van der Waals surface area contributed by atoms with E-state index in [4.69, 9.17) is 4.74 Å². The Morgan fingerprint density at radius 1 is 1.00 bits per heavy atom. The summed E-state index contributed by atoms with van der Waals surface area (Å²) in [5, 5.41) is 3.52. The Hall–Kier alpha value is -0.550. The minimum Gasteiger partial charge on any atom is -0.744 e. The Morgan fingerprint density at radius 3 is 2.03 bits per heavy atom. The molecule has 0 aromatic heterocycles. The maximum Gasteiger partial charge on any atom is 1.00 e. The van der Waals surface area contributed by atoms with Gasteiger partial charge in [0.25, 0.3) is 0 Å². The summed E-state index contributed by atoms with van der Waals surface area (Å²) < 4.78 is 76.7. The normalized spacial score (nSPS) is 11.5. The fraction of sp³-hybridized carbons (Fsp3) is 0.357. The molecule has 0 radical (unpaired) electrons. The third-order valence-corrected chi connectivity index (χ3v) is 4.67. The molecule has 0 unspecified atom stereocenters. The topological polar surface area (TPSA) is 191 Å². The first-order valence-corrected chi connectivity index (χ1v) is 10.4. The van der Waals surface area contributed by atoms with Crippen molar-refractivity contribution in [2.75, 3.05) is 18.6 Å². The van der Waals surface area contributed by atoms with Crippen LogP contribution < -0.4 is 64.5 Å². The molecular formula is C14H16N2Na2O10S2. The molecule has 0 saturated heterocycles. The zero-order valence-corrected chi connectivity index (χ0v) is 22.3. The van der Waals surface area contributed by atoms with Crippen LogP contribution >= 0.6 is 0 Å². The van der Waals surface area contributed by atoms with Crippen LogP contribution in [0.2, 0.25) is 0 Å². The monoisotopic (exact) mass is 482 g/mol. The smallest absolute Gasteiger partial charge is 0.744 e. The number of anilines is 1. The van der Waals surface area contributed by atoms with Crippen LogP contribution in [0.1, 0.15) is 20.3 Å². The number of esters is 2. The molecule has 30 heavy (non-hydrogen) atoms. The summed E-state index contributed by atoms with van der Waals surface area (Å²) in [7, 11) is -10.1. The molecule has 0 heterocycles. The van der Waals surface area contributed by atoms with Crippen molar-refractivity contribution >= 4 is 43.6 Å². The molecule has 1 N–H and O–H groups in total. The van der Waals surface area contributed by atoms with Gasteiger partial charge in [0.15, 0.2) is 5.71 Å². The molecule has 1 rings (SSSR count). The van der Waals surface area contributed by atoms with Crippen molar-refractivity contribution in [1.82, 2.24) is 0 Å². The van der Waals surface area contributed by atoms with E-state index in [9.17, 15) is 35.5 Å². The van der Waals surface area contributed by atoms with Gasteiger partial charge in [0.1, 0.15) is 20.2 Å². The summed E-state index contributed by atoms with van der Waals surface area (Å²) in [5.74, 6) is -1.88. The first kappa shape index (κ1) is 31.6. The molecular weight excluding hydrogens is 466 g/mol. The summed E-state index contributed by atoms with van der Waals surface area (Å²) in [6.07, 6.45) is -0.654. The van der Waals surface area contributed by atoms with Crippen molar-refractivity contribution in [3.8, 4) is 0 Å². The van der Waals surface area contributed by atoms with Crippen molar-refractivity contribution < 1.29 is 104 Å². The third-order valence-electron chi connectivity index (χ3n) is 2.95. The average molecular weight is 482 g/mol. The number of hydrazone groups is 1.